The number of aryl methyl sites for hydroxylation is 1. The lowest BCUT2D eigenvalue weighted by molar-refractivity contribution is 0.817. The van der Waals surface area contributed by atoms with Crippen LogP contribution in [0.1, 0.15) is 19.5 Å². The van der Waals surface area contributed by atoms with Gasteiger partial charge in [0.25, 0.3) is 0 Å². The van der Waals surface area contributed by atoms with Crippen molar-refractivity contribution in [2.75, 3.05) is 29.9 Å². The monoisotopic (exact) mass is 220 g/mol. The molecule has 0 unspecified atom stereocenters. The topological polar surface area (TPSA) is 41.1 Å². The zero-order valence-corrected chi connectivity index (χ0v) is 10.3. The summed E-state index contributed by atoms with van der Waals surface area (Å²) >= 11 is 0. The highest BCUT2D eigenvalue weighted by Crippen LogP contribution is 2.13. The lowest BCUT2D eigenvalue weighted by Gasteiger charge is -2.19. The average Bonchev–Trinajstić information content (AvgIpc) is 2.27. The molecule has 0 aliphatic carbocycles. The van der Waals surface area contributed by atoms with Gasteiger partial charge in [-0.25, -0.2) is 4.98 Å². The summed E-state index contributed by atoms with van der Waals surface area (Å²) in [7, 11) is 0. The summed E-state index contributed by atoms with van der Waals surface area (Å²) in [6, 6.07) is 1.94. The van der Waals surface area contributed by atoms with Crippen LogP contribution in [0.2, 0.25) is 0 Å². The lowest BCUT2D eigenvalue weighted by Crippen LogP contribution is -2.24. The van der Waals surface area contributed by atoms with Gasteiger partial charge in [-0.3, -0.25) is 0 Å². The summed E-state index contributed by atoms with van der Waals surface area (Å²) in [4.78, 5) is 11.0. The molecule has 0 bridgehead atoms. The van der Waals surface area contributed by atoms with Crippen molar-refractivity contribution >= 4 is 11.8 Å². The average molecular weight is 220 g/mol. The van der Waals surface area contributed by atoms with Crippen LogP contribution < -0.4 is 10.2 Å². The van der Waals surface area contributed by atoms with Gasteiger partial charge in [-0.1, -0.05) is 6.08 Å². The molecule has 0 aliphatic heterocycles. The number of anilines is 2. The van der Waals surface area contributed by atoms with Crippen LogP contribution in [0.3, 0.4) is 0 Å². The molecule has 0 radical (unpaired) electrons. The maximum absolute atomic E-state index is 4.47. The van der Waals surface area contributed by atoms with Crippen LogP contribution >= 0.6 is 0 Å². The number of nitrogens with zero attached hydrogens (tertiary/aromatic N) is 3. The molecule has 0 aromatic carbocycles. The molecule has 4 nitrogen and oxygen atoms in total. The van der Waals surface area contributed by atoms with Gasteiger partial charge in [0.05, 0.1) is 0 Å². The third-order valence-corrected chi connectivity index (χ3v) is 2.32. The van der Waals surface area contributed by atoms with Gasteiger partial charge < -0.3 is 10.2 Å². The normalized spacial score (nSPS) is 9.94. The Hall–Kier alpha value is -1.58. The molecule has 16 heavy (non-hydrogen) atoms. The molecule has 0 spiro atoms. The second-order valence-electron chi connectivity index (χ2n) is 3.54. The Morgan fingerprint density at radius 1 is 1.38 bits per heavy atom. The van der Waals surface area contributed by atoms with Crippen LogP contribution in [-0.2, 0) is 0 Å². The number of hydrogen-bond acceptors (Lipinski definition) is 4. The molecule has 1 aromatic rings. The highest BCUT2D eigenvalue weighted by Gasteiger charge is 2.07. The van der Waals surface area contributed by atoms with E-state index in [2.05, 4.69) is 40.6 Å². The van der Waals surface area contributed by atoms with E-state index in [0.717, 1.165) is 30.5 Å². The Balaban J connectivity index is 2.92. The van der Waals surface area contributed by atoms with E-state index in [4.69, 9.17) is 0 Å². The van der Waals surface area contributed by atoms with Gasteiger partial charge >= 0.3 is 0 Å². The van der Waals surface area contributed by atoms with Gasteiger partial charge in [0, 0.05) is 31.4 Å². The third-order valence-electron chi connectivity index (χ3n) is 2.32. The Kier molecular flexibility index (Phi) is 4.76. The minimum Gasteiger partial charge on any atom is -0.366 e. The molecular weight excluding hydrogens is 200 g/mol. The van der Waals surface area contributed by atoms with Gasteiger partial charge in [-0.15, -0.1) is 6.58 Å². The molecule has 0 atom stereocenters. The zero-order chi connectivity index (χ0) is 12.0. The van der Waals surface area contributed by atoms with Gasteiger partial charge in [-0.05, 0) is 20.8 Å². The van der Waals surface area contributed by atoms with Gasteiger partial charge in [0.2, 0.25) is 5.95 Å². The molecular formula is C12H20N4. The number of nitrogens with one attached hydrogen (secondary N) is 1. The van der Waals surface area contributed by atoms with E-state index < -0.39 is 0 Å². The van der Waals surface area contributed by atoms with E-state index >= 15 is 0 Å². The summed E-state index contributed by atoms with van der Waals surface area (Å²) < 4.78 is 0. The molecule has 0 saturated carbocycles. The first-order valence-electron chi connectivity index (χ1n) is 5.66. The summed E-state index contributed by atoms with van der Waals surface area (Å²) in [5.74, 6) is 1.64. The maximum Gasteiger partial charge on any atom is 0.227 e. The fourth-order valence-corrected chi connectivity index (χ4v) is 1.47. The molecule has 1 N–H and O–H groups in total. The number of aromatic nitrogens is 2. The van der Waals surface area contributed by atoms with Crippen molar-refractivity contribution in [3.05, 3.63) is 24.4 Å². The molecule has 0 amide bonds. The Morgan fingerprint density at radius 3 is 2.62 bits per heavy atom. The van der Waals surface area contributed by atoms with Crippen LogP contribution in [0, 0.1) is 6.92 Å². The summed E-state index contributed by atoms with van der Waals surface area (Å²) in [5, 5.41) is 3.18. The highest BCUT2D eigenvalue weighted by molar-refractivity contribution is 5.43. The quantitative estimate of drug-likeness (QED) is 0.746. The van der Waals surface area contributed by atoms with Crippen LogP contribution in [0.15, 0.2) is 18.7 Å². The van der Waals surface area contributed by atoms with Crippen molar-refractivity contribution in [2.45, 2.75) is 20.8 Å². The first kappa shape index (κ1) is 12.5. The second kappa shape index (κ2) is 6.10. The molecule has 88 valence electrons. The van der Waals surface area contributed by atoms with Gasteiger partial charge in [0.1, 0.15) is 5.82 Å². The summed E-state index contributed by atoms with van der Waals surface area (Å²) in [6.45, 7) is 12.4. The van der Waals surface area contributed by atoms with Crippen LogP contribution in [0.4, 0.5) is 11.8 Å². The molecule has 0 aliphatic rings. The Morgan fingerprint density at radius 2 is 2.06 bits per heavy atom. The van der Waals surface area contributed by atoms with Gasteiger partial charge in [0.15, 0.2) is 0 Å². The standard InChI is InChI=1S/C12H20N4/c1-5-8-13-11-9-10(4)14-12(15-11)16(6-2)7-3/h5,9H,1,6-8H2,2-4H3,(H,13,14,15). The molecule has 0 saturated heterocycles. The van der Waals surface area contributed by atoms with Crippen LogP contribution in [0.25, 0.3) is 0 Å². The predicted octanol–water partition coefficient (Wildman–Crippen LogP) is 2.23. The Bertz CT molecular complexity index is 345. The van der Waals surface area contributed by atoms with Crippen molar-refractivity contribution in [1.82, 2.24) is 9.97 Å². The SMILES string of the molecule is C=CCNc1cc(C)nc(N(CC)CC)n1. The minimum absolute atomic E-state index is 0.716. The van der Waals surface area contributed by atoms with E-state index in [-0.39, 0.29) is 0 Å². The summed E-state index contributed by atoms with van der Waals surface area (Å²) in [5.41, 5.74) is 0.975. The van der Waals surface area contributed by atoms with Crippen molar-refractivity contribution in [3.8, 4) is 0 Å². The smallest absolute Gasteiger partial charge is 0.227 e. The largest absolute Gasteiger partial charge is 0.366 e. The van der Waals surface area contributed by atoms with E-state index in [1.54, 1.807) is 0 Å². The van der Waals surface area contributed by atoms with Gasteiger partial charge in [-0.2, -0.15) is 4.98 Å². The molecule has 1 heterocycles. The maximum atomic E-state index is 4.47. The minimum atomic E-state index is 0.716. The molecule has 1 aromatic heterocycles. The predicted molar refractivity (Wildman–Crippen MR) is 69.0 cm³/mol. The fourth-order valence-electron chi connectivity index (χ4n) is 1.47. The third kappa shape index (κ3) is 3.22. The second-order valence-corrected chi connectivity index (χ2v) is 3.54. The molecule has 4 heteroatoms. The van der Waals surface area contributed by atoms with E-state index in [9.17, 15) is 0 Å². The van der Waals surface area contributed by atoms with E-state index in [1.165, 1.54) is 0 Å². The van der Waals surface area contributed by atoms with Crippen molar-refractivity contribution in [1.29, 1.82) is 0 Å². The van der Waals surface area contributed by atoms with Crippen LogP contribution in [-0.4, -0.2) is 29.6 Å². The van der Waals surface area contributed by atoms with Crippen molar-refractivity contribution in [3.63, 3.8) is 0 Å². The van der Waals surface area contributed by atoms with E-state index in [0.29, 0.717) is 6.54 Å². The van der Waals surface area contributed by atoms with Crippen LogP contribution in [0.5, 0.6) is 0 Å². The Labute approximate surface area is 97.4 Å². The lowest BCUT2D eigenvalue weighted by atomic mass is 10.4. The highest BCUT2D eigenvalue weighted by atomic mass is 15.3. The van der Waals surface area contributed by atoms with E-state index in [1.807, 2.05) is 19.1 Å². The number of hydrogen-bond donors (Lipinski definition) is 1. The molecule has 0 fully saturated rings. The number of rotatable bonds is 6. The first-order valence-corrected chi connectivity index (χ1v) is 5.66. The molecule has 1 rings (SSSR count). The summed E-state index contributed by atoms with van der Waals surface area (Å²) in [6.07, 6.45) is 1.81. The zero-order valence-electron chi connectivity index (χ0n) is 10.3. The van der Waals surface area contributed by atoms with Crippen molar-refractivity contribution < 1.29 is 0 Å². The van der Waals surface area contributed by atoms with Crippen molar-refractivity contribution in [2.24, 2.45) is 0 Å². The fraction of sp³-hybridized carbons (Fsp3) is 0.500. The first-order chi connectivity index (χ1) is 7.71.